The molecule has 2 aromatic heterocycles. The molecule has 0 radical (unpaired) electrons. The largest absolute Gasteiger partial charge is 0.449 e. The zero-order chi connectivity index (χ0) is 19.7. The van der Waals surface area contributed by atoms with E-state index in [-0.39, 0.29) is 11.5 Å². The van der Waals surface area contributed by atoms with E-state index in [1.165, 1.54) is 0 Å². The SMILES string of the molecule is CCSc1oc2c([C@@H](C)Nc3ccc(Cl)nc3C)cc(C)cc2c(=O)c1C. The topological polar surface area (TPSA) is 55.1 Å². The second-order valence-electron chi connectivity index (χ2n) is 6.64. The normalized spacial score (nSPS) is 12.4. The molecule has 0 saturated heterocycles. The Labute approximate surface area is 168 Å². The van der Waals surface area contributed by atoms with E-state index in [2.05, 4.69) is 23.3 Å². The minimum absolute atomic E-state index is 0.0358. The van der Waals surface area contributed by atoms with Crippen LogP contribution in [-0.2, 0) is 0 Å². The van der Waals surface area contributed by atoms with Crippen LogP contribution in [0.25, 0.3) is 11.0 Å². The van der Waals surface area contributed by atoms with E-state index in [9.17, 15) is 4.79 Å². The van der Waals surface area contributed by atoms with Gasteiger partial charge in [0.05, 0.1) is 22.8 Å². The third-order valence-corrected chi connectivity index (χ3v) is 5.66. The maximum Gasteiger partial charge on any atom is 0.196 e. The summed E-state index contributed by atoms with van der Waals surface area (Å²) in [5.41, 5.74) is 5.06. The third-order valence-electron chi connectivity index (χ3n) is 4.51. The number of rotatable bonds is 5. The Kier molecular flexibility index (Phi) is 5.82. The zero-order valence-corrected chi connectivity index (χ0v) is 17.7. The minimum atomic E-state index is -0.0700. The van der Waals surface area contributed by atoms with E-state index < -0.39 is 0 Å². The van der Waals surface area contributed by atoms with Crippen LogP contribution in [0.15, 0.2) is 38.6 Å². The summed E-state index contributed by atoms with van der Waals surface area (Å²) < 4.78 is 6.19. The monoisotopic (exact) mass is 402 g/mol. The van der Waals surface area contributed by atoms with Crippen molar-refractivity contribution in [2.24, 2.45) is 0 Å². The molecule has 0 spiro atoms. The number of nitrogens with one attached hydrogen (secondary N) is 1. The van der Waals surface area contributed by atoms with Gasteiger partial charge in [-0.05, 0) is 57.2 Å². The van der Waals surface area contributed by atoms with Gasteiger partial charge in [-0.2, -0.15) is 0 Å². The molecule has 1 atom stereocenters. The lowest BCUT2D eigenvalue weighted by Crippen LogP contribution is -2.13. The van der Waals surface area contributed by atoms with Crippen molar-refractivity contribution in [2.45, 2.75) is 45.8 Å². The Hall–Kier alpha value is -1.98. The summed E-state index contributed by atoms with van der Waals surface area (Å²) >= 11 is 7.51. The van der Waals surface area contributed by atoms with Gasteiger partial charge in [-0.3, -0.25) is 4.79 Å². The van der Waals surface area contributed by atoms with Crippen LogP contribution >= 0.6 is 23.4 Å². The number of nitrogens with zero attached hydrogens (tertiary/aromatic N) is 1. The predicted octanol–water partition coefficient (Wildman–Crippen LogP) is 6.05. The summed E-state index contributed by atoms with van der Waals surface area (Å²) in [6.45, 7) is 9.83. The Bertz CT molecular complexity index is 1060. The summed E-state index contributed by atoms with van der Waals surface area (Å²) in [7, 11) is 0. The maximum absolute atomic E-state index is 12.9. The average molecular weight is 403 g/mol. The van der Waals surface area contributed by atoms with Crippen molar-refractivity contribution in [1.29, 1.82) is 0 Å². The van der Waals surface area contributed by atoms with Crippen LogP contribution in [0.4, 0.5) is 5.69 Å². The van der Waals surface area contributed by atoms with Gasteiger partial charge < -0.3 is 9.73 Å². The fourth-order valence-corrected chi connectivity index (χ4v) is 4.04. The van der Waals surface area contributed by atoms with Crippen molar-refractivity contribution >= 4 is 40.0 Å². The first kappa shape index (κ1) is 19.8. The van der Waals surface area contributed by atoms with Crippen LogP contribution < -0.4 is 10.7 Å². The second-order valence-corrected chi connectivity index (χ2v) is 8.26. The molecule has 0 unspecified atom stereocenters. The Morgan fingerprint density at radius 3 is 2.67 bits per heavy atom. The fourth-order valence-electron chi connectivity index (χ4n) is 3.13. The molecule has 3 aromatic rings. The molecule has 142 valence electrons. The van der Waals surface area contributed by atoms with Gasteiger partial charge >= 0.3 is 0 Å². The number of halogens is 1. The molecule has 1 aromatic carbocycles. The maximum atomic E-state index is 12.9. The lowest BCUT2D eigenvalue weighted by Gasteiger charge is -2.19. The molecule has 4 nitrogen and oxygen atoms in total. The van der Waals surface area contributed by atoms with Gasteiger partial charge in [0.25, 0.3) is 0 Å². The molecule has 0 bridgehead atoms. The summed E-state index contributed by atoms with van der Waals surface area (Å²) in [6.07, 6.45) is 0. The van der Waals surface area contributed by atoms with Crippen LogP contribution in [0.5, 0.6) is 0 Å². The standard InChI is InChI=1S/C21H23ClN2O2S/c1-6-27-21-12(3)19(25)16-10-11(2)9-15(20(16)26-21)13(4)23-17-7-8-18(22)24-14(17)5/h7-10,13,23H,6H2,1-5H3/t13-/m1/s1. The summed E-state index contributed by atoms with van der Waals surface area (Å²) in [4.78, 5) is 17.2. The molecule has 0 amide bonds. The number of thioether (sulfide) groups is 1. The molecular formula is C21H23ClN2O2S. The zero-order valence-electron chi connectivity index (χ0n) is 16.1. The molecule has 0 fully saturated rings. The van der Waals surface area contributed by atoms with Crippen molar-refractivity contribution in [3.63, 3.8) is 0 Å². The first-order valence-electron chi connectivity index (χ1n) is 8.92. The highest BCUT2D eigenvalue weighted by Gasteiger charge is 2.18. The Morgan fingerprint density at radius 1 is 1.26 bits per heavy atom. The molecule has 1 N–H and O–H groups in total. The number of aryl methyl sites for hydroxylation is 2. The van der Waals surface area contributed by atoms with E-state index in [1.54, 1.807) is 17.8 Å². The highest BCUT2D eigenvalue weighted by Crippen LogP contribution is 2.32. The molecule has 6 heteroatoms. The van der Waals surface area contributed by atoms with E-state index in [1.807, 2.05) is 39.8 Å². The molecule has 0 aliphatic heterocycles. The van der Waals surface area contributed by atoms with E-state index >= 15 is 0 Å². The number of hydrogen-bond acceptors (Lipinski definition) is 5. The molecule has 27 heavy (non-hydrogen) atoms. The quantitative estimate of drug-likeness (QED) is 0.415. The van der Waals surface area contributed by atoms with E-state index in [0.717, 1.165) is 28.3 Å². The van der Waals surface area contributed by atoms with Gasteiger partial charge in [0.15, 0.2) is 10.5 Å². The van der Waals surface area contributed by atoms with Gasteiger partial charge in [0, 0.05) is 11.1 Å². The summed E-state index contributed by atoms with van der Waals surface area (Å²) in [5.74, 6) is 0.847. The van der Waals surface area contributed by atoms with Gasteiger partial charge in [0.2, 0.25) is 0 Å². The molecule has 0 aliphatic carbocycles. The number of fused-ring (bicyclic) bond motifs is 1. The van der Waals surface area contributed by atoms with Gasteiger partial charge in [-0.15, -0.1) is 0 Å². The van der Waals surface area contributed by atoms with Crippen LogP contribution in [-0.4, -0.2) is 10.7 Å². The smallest absolute Gasteiger partial charge is 0.196 e. The molecule has 0 saturated carbocycles. The molecule has 2 heterocycles. The second kappa shape index (κ2) is 7.95. The van der Waals surface area contributed by atoms with Crippen molar-refractivity contribution in [3.05, 3.63) is 62.0 Å². The number of pyridine rings is 1. The third kappa shape index (κ3) is 3.99. The lowest BCUT2D eigenvalue weighted by molar-refractivity contribution is 0.488. The highest BCUT2D eigenvalue weighted by molar-refractivity contribution is 7.99. The van der Waals surface area contributed by atoms with Crippen molar-refractivity contribution in [1.82, 2.24) is 4.98 Å². The first-order valence-corrected chi connectivity index (χ1v) is 10.3. The van der Waals surface area contributed by atoms with Crippen molar-refractivity contribution in [3.8, 4) is 0 Å². The van der Waals surface area contributed by atoms with Crippen LogP contribution in [0.3, 0.4) is 0 Å². The Balaban J connectivity index is 2.13. The summed E-state index contributed by atoms with van der Waals surface area (Å²) in [5, 5.41) is 5.25. The van der Waals surface area contributed by atoms with Gasteiger partial charge in [-0.1, -0.05) is 36.4 Å². The lowest BCUT2D eigenvalue weighted by atomic mass is 10.0. The fraction of sp³-hybridized carbons (Fsp3) is 0.333. The average Bonchev–Trinajstić information content (AvgIpc) is 2.62. The number of aromatic nitrogens is 1. The van der Waals surface area contributed by atoms with Gasteiger partial charge in [0.1, 0.15) is 10.7 Å². The number of hydrogen-bond donors (Lipinski definition) is 1. The Morgan fingerprint density at radius 2 is 2.00 bits per heavy atom. The molecular weight excluding hydrogens is 380 g/mol. The van der Waals surface area contributed by atoms with Crippen molar-refractivity contribution < 1.29 is 4.42 Å². The first-order chi connectivity index (χ1) is 12.8. The van der Waals surface area contributed by atoms with Crippen LogP contribution in [0.1, 0.15) is 42.3 Å². The van der Waals surface area contributed by atoms with E-state index in [4.69, 9.17) is 16.0 Å². The van der Waals surface area contributed by atoms with Crippen molar-refractivity contribution in [2.75, 3.05) is 11.1 Å². The van der Waals surface area contributed by atoms with Gasteiger partial charge in [-0.25, -0.2) is 4.98 Å². The van der Waals surface area contributed by atoms with E-state index in [0.29, 0.717) is 26.8 Å². The summed E-state index contributed by atoms with van der Waals surface area (Å²) in [6, 6.07) is 7.58. The number of anilines is 1. The van der Waals surface area contributed by atoms with Crippen LogP contribution in [0, 0.1) is 20.8 Å². The highest BCUT2D eigenvalue weighted by atomic mass is 35.5. The van der Waals surface area contributed by atoms with Crippen LogP contribution in [0.2, 0.25) is 5.15 Å². The predicted molar refractivity (Wildman–Crippen MR) is 114 cm³/mol. The molecule has 0 aliphatic rings. The molecule has 3 rings (SSSR count). The number of benzene rings is 1. The minimum Gasteiger partial charge on any atom is -0.449 e.